The van der Waals surface area contributed by atoms with Crippen molar-refractivity contribution in [1.29, 1.82) is 0 Å². The smallest absolute Gasteiger partial charge is 0.279 e. The fraction of sp³-hybridized carbons (Fsp3) is 0.696. The van der Waals surface area contributed by atoms with E-state index in [2.05, 4.69) is 23.1 Å². The van der Waals surface area contributed by atoms with Crippen molar-refractivity contribution < 1.29 is 14.4 Å². The first-order valence-corrected chi connectivity index (χ1v) is 12.2. The molecule has 0 saturated heterocycles. The average molecular weight is 432 g/mol. The Kier molecular flexibility index (Phi) is 6.19. The normalized spacial score (nSPS) is 28.9. The first kappa shape index (κ1) is 21.3. The minimum atomic E-state index is -0.286. The molecule has 4 fully saturated rings. The van der Waals surface area contributed by atoms with Crippen LogP contribution in [0.25, 0.3) is 0 Å². The van der Waals surface area contributed by atoms with Gasteiger partial charge in [0.05, 0.1) is 4.88 Å². The number of carbonyl (C=O) groups is 3. The lowest BCUT2D eigenvalue weighted by Crippen LogP contribution is -2.53. The zero-order valence-corrected chi connectivity index (χ0v) is 18.8. The van der Waals surface area contributed by atoms with Gasteiger partial charge in [-0.2, -0.15) is 0 Å². The van der Waals surface area contributed by atoms with Crippen molar-refractivity contribution in [3.63, 3.8) is 0 Å². The average Bonchev–Trinajstić information content (AvgIpc) is 3.09. The number of aryl methyl sites for hydroxylation is 2. The van der Waals surface area contributed by atoms with Crippen molar-refractivity contribution in [2.45, 2.75) is 71.6 Å². The highest BCUT2D eigenvalue weighted by molar-refractivity contribution is 7.14. The molecule has 1 aromatic heterocycles. The summed E-state index contributed by atoms with van der Waals surface area (Å²) < 4.78 is 0. The van der Waals surface area contributed by atoms with Gasteiger partial charge in [-0.25, -0.2) is 0 Å². The maximum Gasteiger partial charge on any atom is 0.279 e. The molecule has 0 radical (unpaired) electrons. The predicted molar refractivity (Wildman–Crippen MR) is 117 cm³/mol. The van der Waals surface area contributed by atoms with Gasteiger partial charge in [-0.1, -0.05) is 6.92 Å². The van der Waals surface area contributed by atoms with E-state index in [0.29, 0.717) is 17.8 Å². The summed E-state index contributed by atoms with van der Waals surface area (Å²) in [5.74, 6) is 1.92. The Balaban J connectivity index is 1.15. The van der Waals surface area contributed by atoms with E-state index in [-0.39, 0.29) is 29.6 Å². The molecule has 3 amide bonds. The van der Waals surface area contributed by atoms with E-state index in [1.165, 1.54) is 35.5 Å². The van der Waals surface area contributed by atoms with Crippen LogP contribution in [0.4, 0.5) is 0 Å². The van der Waals surface area contributed by atoms with Gasteiger partial charge in [0.1, 0.15) is 0 Å². The van der Waals surface area contributed by atoms with E-state index in [4.69, 9.17) is 0 Å². The summed E-state index contributed by atoms with van der Waals surface area (Å²) in [4.78, 5) is 38.9. The summed E-state index contributed by atoms with van der Waals surface area (Å²) in [5.41, 5.74) is 5.93. The summed E-state index contributed by atoms with van der Waals surface area (Å²) in [7, 11) is 0. The van der Waals surface area contributed by atoms with Crippen LogP contribution in [0.1, 0.15) is 78.4 Å². The molecule has 1 aromatic rings. The zero-order valence-electron chi connectivity index (χ0n) is 18.0. The molecule has 0 aliphatic heterocycles. The molecule has 0 unspecified atom stereocenters. The number of nitrogens with one attached hydrogen (secondary N) is 3. The Hall–Kier alpha value is -1.89. The third-order valence-electron chi connectivity index (χ3n) is 7.27. The molecule has 4 aliphatic carbocycles. The molecular weight excluding hydrogens is 398 g/mol. The van der Waals surface area contributed by atoms with Gasteiger partial charge in [-0.15, -0.1) is 11.3 Å². The van der Waals surface area contributed by atoms with E-state index >= 15 is 0 Å². The topological polar surface area (TPSA) is 87.3 Å². The van der Waals surface area contributed by atoms with Crippen LogP contribution in [-0.4, -0.2) is 24.3 Å². The monoisotopic (exact) mass is 431 g/mol. The lowest BCUT2D eigenvalue weighted by Gasteiger charge is -2.55. The number of carbonyl (C=O) groups excluding carboxylic acids is 3. The van der Waals surface area contributed by atoms with E-state index in [0.717, 1.165) is 49.0 Å². The third-order valence-corrected chi connectivity index (χ3v) is 8.65. The molecule has 3 N–H and O–H groups in total. The quantitative estimate of drug-likeness (QED) is 0.456. The van der Waals surface area contributed by atoms with E-state index in [9.17, 15) is 14.4 Å². The molecule has 4 saturated carbocycles. The lowest BCUT2D eigenvalue weighted by atomic mass is 9.49. The molecule has 4 bridgehead atoms. The van der Waals surface area contributed by atoms with Gasteiger partial charge in [0.2, 0.25) is 11.8 Å². The number of hydrazine groups is 1. The number of thiophene rings is 1. The van der Waals surface area contributed by atoms with Crippen molar-refractivity contribution in [2.75, 3.05) is 6.54 Å². The maximum absolute atomic E-state index is 12.9. The largest absolute Gasteiger partial charge is 0.356 e. The SMILES string of the molecule is CCc1sc(C(=O)NNC(=O)CCCNC(=O)C23CC4CC(CC(C4)C2)C3)cc1C. The molecule has 30 heavy (non-hydrogen) atoms. The summed E-state index contributed by atoms with van der Waals surface area (Å²) in [6.07, 6.45) is 8.86. The molecule has 0 aromatic carbocycles. The summed E-state index contributed by atoms with van der Waals surface area (Å²) in [6.45, 7) is 4.55. The summed E-state index contributed by atoms with van der Waals surface area (Å²) in [6, 6.07) is 1.85. The van der Waals surface area contributed by atoms with Crippen molar-refractivity contribution in [2.24, 2.45) is 23.2 Å². The second kappa shape index (κ2) is 8.69. The zero-order chi connectivity index (χ0) is 21.3. The fourth-order valence-corrected chi connectivity index (χ4v) is 7.27. The molecule has 1 heterocycles. The highest BCUT2D eigenvalue weighted by atomic mass is 32.1. The summed E-state index contributed by atoms with van der Waals surface area (Å²) in [5, 5.41) is 3.10. The molecule has 0 spiro atoms. The van der Waals surface area contributed by atoms with Crippen molar-refractivity contribution in [3.05, 3.63) is 21.4 Å². The van der Waals surface area contributed by atoms with Crippen molar-refractivity contribution >= 4 is 29.1 Å². The van der Waals surface area contributed by atoms with Crippen molar-refractivity contribution in [1.82, 2.24) is 16.2 Å². The molecule has 164 valence electrons. The second-order valence-electron chi connectivity index (χ2n) is 9.63. The van der Waals surface area contributed by atoms with Crippen LogP contribution < -0.4 is 16.2 Å². The Labute approximate surface area is 182 Å². The van der Waals surface area contributed by atoms with Crippen LogP contribution in [0.5, 0.6) is 0 Å². The highest BCUT2D eigenvalue weighted by Gasteiger charge is 2.54. The molecule has 6 nitrogen and oxygen atoms in total. The minimum Gasteiger partial charge on any atom is -0.356 e. The Morgan fingerprint density at radius 1 is 1.07 bits per heavy atom. The van der Waals surface area contributed by atoms with Gasteiger partial charge in [0.25, 0.3) is 5.91 Å². The third kappa shape index (κ3) is 4.41. The van der Waals surface area contributed by atoms with Gasteiger partial charge in [0, 0.05) is 23.3 Å². The lowest BCUT2D eigenvalue weighted by molar-refractivity contribution is -0.146. The fourth-order valence-electron chi connectivity index (χ4n) is 6.26. The number of amides is 3. The molecule has 7 heteroatoms. The molecule has 0 atom stereocenters. The maximum atomic E-state index is 12.9. The van der Waals surface area contributed by atoms with E-state index in [1.807, 2.05) is 13.0 Å². The summed E-state index contributed by atoms with van der Waals surface area (Å²) >= 11 is 1.46. The first-order chi connectivity index (χ1) is 14.4. The van der Waals surface area contributed by atoms with E-state index < -0.39 is 0 Å². The number of hydrogen-bond donors (Lipinski definition) is 3. The van der Waals surface area contributed by atoms with E-state index in [1.54, 1.807) is 0 Å². The standard InChI is InChI=1S/C23H33N3O3S/c1-3-18-14(2)7-19(30-18)21(28)26-25-20(27)5-4-6-24-22(29)23-11-15-8-16(12-23)10-17(9-15)13-23/h7,15-17H,3-6,8-13H2,1-2H3,(H,24,29)(H,25,27)(H,26,28). The van der Waals surface area contributed by atoms with Gasteiger partial charge in [-0.05, 0) is 87.7 Å². The van der Waals surface area contributed by atoms with Crippen LogP contribution >= 0.6 is 11.3 Å². The van der Waals surface area contributed by atoms with Crippen LogP contribution in [0.3, 0.4) is 0 Å². The second-order valence-corrected chi connectivity index (χ2v) is 10.8. The van der Waals surface area contributed by atoms with Crippen LogP contribution in [-0.2, 0) is 16.0 Å². The van der Waals surface area contributed by atoms with Crippen LogP contribution in [0.2, 0.25) is 0 Å². The highest BCUT2D eigenvalue weighted by Crippen LogP contribution is 2.60. The molecular formula is C23H33N3O3S. The predicted octanol–water partition coefficient (Wildman–Crippen LogP) is 3.49. The van der Waals surface area contributed by atoms with Gasteiger partial charge in [0.15, 0.2) is 0 Å². The van der Waals surface area contributed by atoms with Gasteiger partial charge in [-0.3, -0.25) is 25.2 Å². The van der Waals surface area contributed by atoms with Crippen LogP contribution in [0, 0.1) is 30.1 Å². The number of hydrogen-bond acceptors (Lipinski definition) is 4. The Morgan fingerprint density at radius 2 is 1.70 bits per heavy atom. The van der Waals surface area contributed by atoms with Crippen molar-refractivity contribution in [3.8, 4) is 0 Å². The molecule has 4 aliphatic rings. The molecule has 5 rings (SSSR count). The van der Waals surface area contributed by atoms with Crippen LogP contribution in [0.15, 0.2) is 6.07 Å². The first-order valence-electron chi connectivity index (χ1n) is 11.4. The number of rotatable bonds is 7. The van der Waals surface area contributed by atoms with Gasteiger partial charge >= 0.3 is 0 Å². The Morgan fingerprint density at radius 3 is 2.27 bits per heavy atom. The minimum absolute atomic E-state index is 0.138. The Bertz CT molecular complexity index is 796. The van der Waals surface area contributed by atoms with Gasteiger partial charge < -0.3 is 5.32 Å².